The fourth-order valence-electron chi connectivity index (χ4n) is 2.09. The lowest BCUT2D eigenvalue weighted by Crippen LogP contribution is -2.28. The Hall–Kier alpha value is -2.25. The maximum absolute atomic E-state index is 12.1. The minimum Gasteiger partial charge on any atom is -0.508 e. The molecule has 0 bridgehead atoms. The van der Waals surface area contributed by atoms with Gasteiger partial charge in [-0.15, -0.1) is 0 Å². The lowest BCUT2D eigenvalue weighted by molar-refractivity contribution is -0.150. The van der Waals surface area contributed by atoms with Crippen molar-refractivity contribution in [1.29, 1.82) is 0 Å². The number of halogens is 1. The van der Waals surface area contributed by atoms with Crippen LogP contribution in [0.1, 0.15) is 12.5 Å². The monoisotopic (exact) mass is 398 g/mol. The number of aromatic hydroxyl groups is 1. The van der Waals surface area contributed by atoms with Gasteiger partial charge in [-0.2, -0.15) is 0 Å². The van der Waals surface area contributed by atoms with E-state index in [0.717, 1.165) is 0 Å². The first-order valence-electron chi connectivity index (χ1n) is 7.83. The molecular formula is C18H19ClO6S. The molecular weight excluding hydrogens is 380 g/mol. The zero-order chi connectivity index (χ0) is 19.2. The van der Waals surface area contributed by atoms with Crippen LogP contribution in [-0.2, 0) is 25.1 Å². The van der Waals surface area contributed by atoms with Gasteiger partial charge in [-0.25, -0.2) is 13.2 Å². The molecule has 0 spiro atoms. The first-order valence-corrected chi connectivity index (χ1v) is 10.0. The lowest BCUT2D eigenvalue weighted by atomic mass is 10.2. The van der Waals surface area contributed by atoms with E-state index in [1.807, 2.05) is 0 Å². The van der Waals surface area contributed by atoms with Crippen molar-refractivity contribution < 1.29 is 27.8 Å². The van der Waals surface area contributed by atoms with Gasteiger partial charge < -0.3 is 14.6 Å². The van der Waals surface area contributed by atoms with E-state index >= 15 is 0 Å². The van der Waals surface area contributed by atoms with Crippen LogP contribution in [0.5, 0.6) is 11.5 Å². The molecule has 6 nitrogen and oxygen atoms in total. The topological polar surface area (TPSA) is 89.9 Å². The predicted octanol–water partition coefficient (Wildman–Crippen LogP) is 2.97. The summed E-state index contributed by atoms with van der Waals surface area (Å²) >= 11 is 5.96. The Bertz CT molecular complexity index is 848. The normalized spacial score (nSPS) is 12.4. The standard InChI is InChI=1S/C18H19ClO6S/c1-13(25-16-8-6-15(20)7-9-16)18(21)24-10-11-26(22,23)12-14-4-2-3-5-17(14)19/h2-9,13,20H,10-12H2,1H3. The summed E-state index contributed by atoms with van der Waals surface area (Å²) in [5, 5.41) is 9.58. The molecule has 0 aliphatic heterocycles. The number of carbonyl (C=O) groups is 1. The molecule has 0 fully saturated rings. The molecule has 140 valence electrons. The molecule has 0 amide bonds. The molecule has 0 heterocycles. The van der Waals surface area contributed by atoms with Crippen LogP contribution >= 0.6 is 11.6 Å². The van der Waals surface area contributed by atoms with E-state index in [9.17, 15) is 18.3 Å². The van der Waals surface area contributed by atoms with Gasteiger partial charge in [0.25, 0.3) is 0 Å². The lowest BCUT2D eigenvalue weighted by Gasteiger charge is -2.14. The van der Waals surface area contributed by atoms with Crippen LogP contribution in [0.3, 0.4) is 0 Å². The van der Waals surface area contributed by atoms with Gasteiger partial charge in [-0.05, 0) is 42.8 Å². The summed E-state index contributed by atoms with van der Waals surface area (Å²) in [4.78, 5) is 11.9. The Labute approximate surface area is 157 Å². The molecule has 1 N–H and O–H groups in total. The average Bonchev–Trinajstić information content (AvgIpc) is 2.58. The number of ether oxygens (including phenoxy) is 2. The van der Waals surface area contributed by atoms with E-state index in [1.54, 1.807) is 24.3 Å². The molecule has 0 aliphatic carbocycles. The van der Waals surface area contributed by atoms with Crippen molar-refractivity contribution >= 4 is 27.4 Å². The Balaban J connectivity index is 1.81. The number of hydrogen-bond donors (Lipinski definition) is 1. The van der Waals surface area contributed by atoms with Crippen molar-refractivity contribution in [2.75, 3.05) is 12.4 Å². The quantitative estimate of drug-likeness (QED) is 0.687. The number of esters is 1. The van der Waals surface area contributed by atoms with Gasteiger partial charge in [0.05, 0.1) is 11.5 Å². The van der Waals surface area contributed by atoms with Crippen molar-refractivity contribution in [1.82, 2.24) is 0 Å². The van der Waals surface area contributed by atoms with Gasteiger partial charge in [-0.3, -0.25) is 0 Å². The molecule has 1 atom stereocenters. The van der Waals surface area contributed by atoms with Crippen LogP contribution in [0.4, 0.5) is 0 Å². The number of benzene rings is 2. The number of phenolic OH excluding ortho intramolecular Hbond substituents is 1. The minimum absolute atomic E-state index is 0.0799. The zero-order valence-corrected chi connectivity index (χ0v) is 15.7. The van der Waals surface area contributed by atoms with Gasteiger partial charge in [0.2, 0.25) is 0 Å². The third kappa shape index (κ3) is 6.24. The molecule has 2 aromatic carbocycles. The van der Waals surface area contributed by atoms with Crippen LogP contribution in [0.2, 0.25) is 5.02 Å². The Morgan fingerprint density at radius 3 is 2.46 bits per heavy atom. The van der Waals surface area contributed by atoms with Crippen LogP contribution in [0, 0.1) is 0 Å². The SMILES string of the molecule is CC(Oc1ccc(O)cc1)C(=O)OCCS(=O)(=O)Cc1ccccc1Cl. The molecule has 2 rings (SSSR count). The molecule has 26 heavy (non-hydrogen) atoms. The first kappa shape index (κ1) is 20.1. The third-order valence-electron chi connectivity index (χ3n) is 3.45. The van der Waals surface area contributed by atoms with Crippen LogP contribution in [-0.4, -0.2) is 38.0 Å². The predicted molar refractivity (Wildman–Crippen MR) is 98.1 cm³/mol. The summed E-state index contributed by atoms with van der Waals surface area (Å²) < 4.78 is 34.6. The molecule has 1 unspecified atom stereocenters. The highest BCUT2D eigenvalue weighted by Gasteiger charge is 2.19. The highest BCUT2D eigenvalue weighted by molar-refractivity contribution is 7.90. The summed E-state index contributed by atoms with van der Waals surface area (Å²) in [5.74, 6) is -0.736. The zero-order valence-electron chi connectivity index (χ0n) is 14.1. The summed E-state index contributed by atoms with van der Waals surface area (Å²) in [5.41, 5.74) is 0.504. The maximum Gasteiger partial charge on any atom is 0.347 e. The van der Waals surface area contributed by atoms with Crippen molar-refractivity contribution in [3.8, 4) is 11.5 Å². The summed E-state index contributed by atoms with van der Waals surface area (Å²) in [6.45, 7) is 1.22. The number of rotatable bonds is 8. The molecule has 0 saturated carbocycles. The highest BCUT2D eigenvalue weighted by atomic mass is 35.5. The summed E-state index contributed by atoms with van der Waals surface area (Å²) in [6.07, 6.45) is -0.911. The Morgan fingerprint density at radius 2 is 1.81 bits per heavy atom. The Morgan fingerprint density at radius 1 is 1.15 bits per heavy atom. The van der Waals surface area contributed by atoms with Gasteiger partial charge >= 0.3 is 5.97 Å². The van der Waals surface area contributed by atoms with Crippen LogP contribution in [0.15, 0.2) is 48.5 Å². The number of sulfone groups is 1. The van der Waals surface area contributed by atoms with Crippen LogP contribution in [0.25, 0.3) is 0 Å². The van der Waals surface area contributed by atoms with Gasteiger partial charge in [0, 0.05) is 5.02 Å². The van der Waals surface area contributed by atoms with Gasteiger partial charge in [0.15, 0.2) is 15.9 Å². The van der Waals surface area contributed by atoms with E-state index in [1.165, 1.54) is 31.2 Å². The first-order chi connectivity index (χ1) is 12.3. The van der Waals surface area contributed by atoms with E-state index in [0.29, 0.717) is 16.3 Å². The van der Waals surface area contributed by atoms with Crippen molar-refractivity contribution in [2.45, 2.75) is 18.8 Å². The molecule has 0 aliphatic rings. The van der Waals surface area contributed by atoms with Crippen LogP contribution < -0.4 is 4.74 Å². The second kappa shape index (κ2) is 8.91. The molecule has 0 saturated heterocycles. The molecule has 0 aromatic heterocycles. The van der Waals surface area contributed by atoms with Crippen molar-refractivity contribution in [3.63, 3.8) is 0 Å². The summed E-state index contributed by atoms with van der Waals surface area (Å²) in [7, 11) is -3.47. The van der Waals surface area contributed by atoms with Crippen molar-refractivity contribution in [2.24, 2.45) is 0 Å². The number of carbonyl (C=O) groups excluding carboxylic acids is 1. The highest BCUT2D eigenvalue weighted by Crippen LogP contribution is 2.19. The maximum atomic E-state index is 12.1. The van der Waals surface area contributed by atoms with E-state index in [2.05, 4.69) is 0 Å². The average molecular weight is 399 g/mol. The summed E-state index contributed by atoms with van der Waals surface area (Å²) in [6, 6.07) is 12.5. The fraction of sp³-hybridized carbons (Fsp3) is 0.278. The van der Waals surface area contributed by atoms with E-state index < -0.39 is 21.9 Å². The Kier molecular flexibility index (Phi) is 6.88. The number of phenols is 1. The second-order valence-electron chi connectivity index (χ2n) is 5.60. The van der Waals surface area contributed by atoms with E-state index in [-0.39, 0.29) is 23.9 Å². The fourth-order valence-corrected chi connectivity index (χ4v) is 3.58. The van der Waals surface area contributed by atoms with Crippen molar-refractivity contribution in [3.05, 3.63) is 59.1 Å². The third-order valence-corrected chi connectivity index (χ3v) is 5.36. The van der Waals surface area contributed by atoms with Gasteiger partial charge in [-0.1, -0.05) is 29.8 Å². The minimum atomic E-state index is -3.47. The number of hydrogen-bond acceptors (Lipinski definition) is 6. The van der Waals surface area contributed by atoms with Gasteiger partial charge in [0.1, 0.15) is 18.1 Å². The molecule has 2 aromatic rings. The largest absolute Gasteiger partial charge is 0.508 e. The molecule has 8 heteroatoms. The smallest absolute Gasteiger partial charge is 0.347 e. The molecule has 0 radical (unpaired) electrons. The van der Waals surface area contributed by atoms with E-state index in [4.69, 9.17) is 21.1 Å². The second-order valence-corrected chi connectivity index (χ2v) is 8.20.